The van der Waals surface area contributed by atoms with Crippen molar-refractivity contribution >= 4 is 57.5 Å². The van der Waals surface area contributed by atoms with E-state index >= 15 is 0 Å². The largest absolute Gasteiger partial charge is 0.356 e. The summed E-state index contributed by atoms with van der Waals surface area (Å²) < 4.78 is 0.994. The van der Waals surface area contributed by atoms with Gasteiger partial charge >= 0.3 is 0 Å². The van der Waals surface area contributed by atoms with Gasteiger partial charge in [0.25, 0.3) is 0 Å². The van der Waals surface area contributed by atoms with Crippen LogP contribution in [-0.4, -0.2) is 31.5 Å². The number of guanidine groups is 1. The molecule has 7 heteroatoms. The highest BCUT2D eigenvalue weighted by atomic mass is 127. The standard InChI is InChI=1S/C13H17BrN4O.HI/c14-10-2-4-11(5-3-10)18-12(19)6-9-17-13-15-7-1-8-16-13;/h2-5H,1,6-9H2,(H,18,19)(H2,15,16,17);1H. The fourth-order valence-electron chi connectivity index (χ4n) is 1.70. The smallest absolute Gasteiger partial charge is 0.226 e. The van der Waals surface area contributed by atoms with Crippen LogP contribution in [0.25, 0.3) is 0 Å². The fraction of sp³-hybridized carbons (Fsp3) is 0.385. The molecule has 110 valence electrons. The minimum absolute atomic E-state index is 0. The second-order valence-electron chi connectivity index (χ2n) is 4.24. The Hall–Kier alpha value is -0.830. The molecule has 2 rings (SSSR count). The third kappa shape index (κ3) is 6.08. The van der Waals surface area contributed by atoms with Gasteiger partial charge in [-0.25, -0.2) is 0 Å². The average molecular weight is 453 g/mol. The van der Waals surface area contributed by atoms with Crippen LogP contribution < -0.4 is 16.0 Å². The monoisotopic (exact) mass is 452 g/mol. The predicted octanol–water partition coefficient (Wildman–Crippen LogP) is 2.33. The first kappa shape index (κ1) is 17.2. The molecule has 1 amide bonds. The molecule has 0 fully saturated rings. The molecule has 1 heterocycles. The molecule has 0 spiro atoms. The average Bonchev–Trinajstić information content (AvgIpc) is 2.43. The van der Waals surface area contributed by atoms with E-state index in [0.717, 1.165) is 35.6 Å². The lowest BCUT2D eigenvalue weighted by atomic mass is 10.3. The summed E-state index contributed by atoms with van der Waals surface area (Å²) in [5.41, 5.74) is 0.807. The lowest BCUT2D eigenvalue weighted by molar-refractivity contribution is -0.116. The molecule has 0 saturated heterocycles. The quantitative estimate of drug-likeness (QED) is 0.614. The van der Waals surface area contributed by atoms with Crippen molar-refractivity contribution in [3.05, 3.63) is 28.7 Å². The molecule has 0 aromatic heterocycles. The van der Waals surface area contributed by atoms with Crippen LogP contribution in [0.15, 0.2) is 33.7 Å². The number of carbonyl (C=O) groups is 1. The Balaban J connectivity index is 0.00000200. The molecule has 1 aromatic carbocycles. The first-order chi connectivity index (χ1) is 9.24. The van der Waals surface area contributed by atoms with Crippen molar-refractivity contribution in [1.82, 2.24) is 10.6 Å². The van der Waals surface area contributed by atoms with Gasteiger partial charge < -0.3 is 16.0 Å². The number of amides is 1. The lowest BCUT2D eigenvalue weighted by Crippen LogP contribution is -2.41. The van der Waals surface area contributed by atoms with Crippen molar-refractivity contribution in [3.8, 4) is 0 Å². The molecule has 1 aromatic rings. The van der Waals surface area contributed by atoms with Crippen LogP contribution in [0.3, 0.4) is 0 Å². The summed E-state index contributed by atoms with van der Waals surface area (Å²) in [5, 5.41) is 9.12. The molecule has 0 bridgehead atoms. The molecule has 5 nitrogen and oxygen atoms in total. The van der Waals surface area contributed by atoms with Crippen LogP contribution in [-0.2, 0) is 4.79 Å². The molecule has 1 aliphatic heterocycles. The van der Waals surface area contributed by atoms with Crippen LogP contribution in [0.4, 0.5) is 5.69 Å². The van der Waals surface area contributed by atoms with Crippen molar-refractivity contribution in [3.63, 3.8) is 0 Å². The van der Waals surface area contributed by atoms with Crippen molar-refractivity contribution < 1.29 is 4.79 Å². The number of hydrogen-bond donors (Lipinski definition) is 3. The summed E-state index contributed by atoms with van der Waals surface area (Å²) in [6.07, 6.45) is 1.48. The van der Waals surface area contributed by atoms with Crippen molar-refractivity contribution in [2.24, 2.45) is 4.99 Å². The molecule has 1 aliphatic rings. The van der Waals surface area contributed by atoms with Crippen LogP contribution in [0.5, 0.6) is 0 Å². The van der Waals surface area contributed by atoms with Gasteiger partial charge in [-0.3, -0.25) is 9.79 Å². The molecule has 20 heavy (non-hydrogen) atoms. The van der Waals surface area contributed by atoms with E-state index in [4.69, 9.17) is 0 Å². The van der Waals surface area contributed by atoms with E-state index < -0.39 is 0 Å². The van der Waals surface area contributed by atoms with E-state index in [9.17, 15) is 4.79 Å². The van der Waals surface area contributed by atoms with Crippen LogP contribution >= 0.6 is 39.9 Å². The SMILES string of the molecule is I.O=C(CCNC1=NCCCN1)Nc1ccc(Br)cc1. The molecule has 3 N–H and O–H groups in total. The van der Waals surface area contributed by atoms with Gasteiger partial charge in [0.15, 0.2) is 5.96 Å². The van der Waals surface area contributed by atoms with Crippen LogP contribution in [0, 0.1) is 0 Å². The molecule has 0 atom stereocenters. The number of aliphatic imine (C=N–C) groups is 1. The minimum atomic E-state index is -0.00812. The summed E-state index contributed by atoms with van der Waals surface area (Å²) in [5.74, 6) is 0.786. The van der Waals surface area contributed by atoms with Gasteiger partial charge in [0.2, 0.25) is 5.91 Å². The zero-order chi connectivity index (χ0) is 13.5. The van der Waals surface area contributed by atoms with Gasteiger partial charge in [-0.15, -0.1) is 24.0 Å². The summed E-state index contributed by atoms with van der Waals surface area (Å²) in [6, 6.07) is 7.52. The highest BCUT2D eigenvalue weighted by Gasteiger charge is 2.05. The fourth-order valence-corrected chi connectivity index (χ4v) is 1.97. The van der Waals surface area contributed by atoms with Gasteiger partial charge in [0.1, 0.15) is 0 Å². The number of nitrogens with zero attached hydrogens (tertiary/aromatic N) is 1. The van der Waals surface area contributed by atoms with Gasteiger partial charge in [-0.05, 0) is 30.7 Å². The van der Waals surface area contributed by atoms with E-state index in [0.29, 0.717) is 13.0 Å². The minimum Gasteiger partial charge on any atom is -0.356 e. The maximum Gasteiger partial charge on any atom is 0.226 e. The Morgan fingerprint density at radius 2 is 2.10 bits per heavy atom. The molecule has 0 saturated carbocycles. The Morgan fingerprint density at radius 3 is 2.75 bits per heavy atom. The lowest BCUT2D eigenvalue weighted by Gasteiger charge is -2.15. The van der Waals surface area contributed by atoms with Crippen molar-refractivity contribution in [2.75, 3.05) is 25.0 Å². The molecular formula is C13H18BrIN4O. The zero-order valence-electron chi connectivity index (χ0n) is 11.0. The number of anilines is 1. The Bertz CT molecular complexity index is 464. The number of nitrogens with one attached hydrogen (secondary N) is 3. The summed E-state index contributed by atoms with van der Waals surface area (Å²) in [4.78, 5) is 16.0. The van der Waals surface area contributed by atoms with E-state index in [1.54, 1.807) is 0 Å². The number of hydrogen-bond acceptors (Lipinski definition) is 4. The maximum absolute atomic E-state index is 11.7. The number of carbonyl (C=O) groups excluding carboxylic acids is 1. The first-order valence-electron chi connectivity index (χ1n) is 6.31. The molecular weight excluding hydrogens is 435 g/mol. The highest BCUT2D eigenvalue weighted by Crippen LogP contribution is 2.14. The maximum atomic E-state index is 11.7. The number of rotatable bonds is 4. The van der Waals surface area contributed by atoms with Crippen LogP contribution in [0.1, 0.15) is 12.8 Å². The summed E-state index contributed by atoms with van der Waals surface area (Å²) >= 11 is 3.35. The Labute approximate surface area is 144 Å². The third-order valence-electron chi connectivity index (χ3n) is 2.67. The van der Waals surface area contributed by atoms with Gasteiger partial charge in [-0.1, -0.05) is 15.9 Å². The van der Waals surface area contributed by atoms with E-state index in [2.05, 4.69) is 36.9 Å². The summed E-state index contributed by atoms with van der Waals surface area (Å²) in [7, 11) is 0. The zero-order valence-corrected chi connectivity index (χ0v) is 14.9. The second-order valence-corrected chi connectivity index (χ2v) is 5.16. The number of benzene rings is 1. The first-order valence-corrected chi connectivity index (χ1v) is 7.11. The van der Waals surface area contributed by atoms with Crippen molar-refractivity contribution in [1.29, 1.82) is 0 Å². The predicted molar refractivity (Wildman–Crippen MR) is 95.7 cm³/mol. The molecule has 0 radical (unpaired) electrons. The van der Waals surface area contributed by atoms with E-state index in [1.165, 1.54) is 0 Å². The molecule has 0 aliphatic carbocycles. The van der Waals surface area contributed by atoms with Gasteiger partial charge in [0.05, 0.1) is 0 Å². The summed E-state index contributed by atoms with van der Waals surface area (Å²) in [6.45, 7) is 2.37. The highest BCUT2D eigenvalue weighted by molar-refractivity contribution is 14.0. The Kier molecular flexibility index (Phi) is 7.90. The molecule has 0 unspecified atom stereocenters. The third-order valence-corrected chi connectivity index (χ3v) is 3.20. The van der Waals surface area contributed by atoms with Crippen LogP contribution in [0.2, 0.25) is 0 Å². The van der Waals surface area contributed by atoms with Gasteiger partial charge in [0, 0.05) is 36.2 Å². The normalized spacial score (nSPS) is 13.6. The second kappa shape index (κ2) is 9.17. The van der Waals surface area contributed by atoms with E-state index in [1.807, 2.05) is 24.3 Å². The number of halogens is 2. The van der Waals surface area contributed by atoms with Crippen molar-refractivity contribution in [2.45, 2.75) is 12.8 Å². The Morgan fingerprint density at radius 1 is 1.35 bits per heavy atom. The van der Waals surface area contributed by atoms with E-state index in [-0.39, 0.29) is 29.9 Å². The topological polar surface area (TPSA) is 65.5 Å². The van der Waals surface area contributed by atoms with Gasteiger partial charge in [-0.2, -0.15) is 0 Å².